The van der Waals surface area contributed by atoms with Gasteiger partial charge in [0.1, 0.15) is 35.4 Å². The highest BCUT2D eigenvalue weighted by molar-refractivity contribution is 5.95. The number of carbonyl (C=O) groups is 3. The molecule has 0 saturated carbocycles. The summed E-state index contributed by atoms with van der Waals surface area (Å²) in [5.41, 5.74) is -4.72. The summed E-state index contributed by atoms with van der Waals surface area (Å²) in [5, 5.41) is 6.32. The zero-order chi connectivity index (χ0) is 39.8. The maximum absolute atomic E-state index is 15.1. The minimum absolute atomic E-state index is 0.00139. The summed E-state index contributed by atoms with van der Waals surface area (Å²) in [6.07, 6.45) is -5.15. The SMILES string of the molecule is CC(=O)c1cc(-c2cnc(NCCN3CCCC3=O)nc2[C@@H](CC(=O)Cn2nc(C(F)F)c3c2C(F)(F)CCC3(F)F)Cc2cc(F)cc(F)c2)ccc1F. The molecule has 1 aliphatic carbocycles. The molecular formula is C37H33F9N6O3. The van der Waals surface area contributed by atoms with Crippen LogP contribution < -0.4 is 5.32 Å². The van der Waals surface area contributed by atoms with Crippen LogP contribution in [0.4, 0.5) is 45.5 Å². The van der Waals surface area contributed by atoms with Gasteiger partial charge in [-0.3, -0.25) is 19.1 Å². The van der Waals surface area contributed by atoms with Crippen molar-refractivity contribution in [2.24, 2.45) is 0 Å². The maximum Gasteiger partial charge on any atom is 0.290 e. The molecule has 1 atom stereocenters. The van der Waals surface area contributed by atoms with Gasteiger partial charge in [-0.15, -0.1) is 0 Å². The van der Waals surface area contributed by atoms with Gasteiger partial charge in [0, 0.05) is 69.1 Å². The third kappa shape index (κ3) is 8.52. The van der Waals surface area contributed by atoms with Crippen LogP contribution >= 0.6 is 0 Å². The normalized spacial score (nSPS) is 16.7. The minimum atomic E-state index is -4.08. The third-order valence-corrected chi connectivity index (χ3v) is 9.55. The van der Waals surface area contributed by atoms with Gasteiger partial charge in [0.25, 0.3) is 18.3 Å². The molecule has 0 radical (unpaired) electrons. The van der Waals surface area contributed by atoms with Crippen molar-refractivity contribution in [3.05, 3.63) is 93.8 Å². The fourth-order valence-corrected chi connectivity index (χ4v) is 7.04. The number of rotatable bonds is 14. The van der Waals surface area contributed by atoms with Gasteiger partial charge < -0.3 is 10.2 Å². The standard InChI is InChI=1S/C37H33F9N6O3/c1-19(53)26-15-21(4-5-28(26)40)27-17-48-35(47-8-10-51-9-2-3-29(51)55)49-31(27)22(11-20-12-23(38)16-24(39)13-20)14-25(54)18-52-33-30(32(50-52)34(41)42)36(43,44)6-7-37(33,45)46/h4-5,12-13,15-17,22,34H,2-3,6-11,14,18H2,1H3,(H,47,48,49)/t22-/m1/s1. The van der Waals surface area contributed by atoms with Crippen LogP contribution in [-0.4, -0.2) is 61.8 Å². The molecule has 9 nitrogen and oxygen atoms in total. The molecule has 4 aromatic rings. The van der Waals surface area contributed by atoms with Crippen molar-refractivity contribution in [3.63, 3.8) is 0 Å². The van der Waals surface area contributed by atoms with Crippen molar-refractivity contribution in [2.45, 2.75) is 76.2 Å². The lowest BCUT2D eigenvalue weighted by Crippen LogP contribution is -2.33. The van der Waals surface area contributed by atoms with Crippen molar-refractivity contribution < 1.29 is 53.9 Å². The Balaban J connectivity index is 1.42. The molecule has 0 spiro atoms. The summed E-state index contributed by atoms with van der Waals surface area (Å²) in [6, 6.07) is 6.06. The molecule has 1 amide bonds. The molecule has 55 heavy (non-hydrogen) atoms. The molecule has 1 saturated heterocycles. The molecule has 0 bridgehead atoms. The van der Waals surface area contributed by atoms with E-state index in [0.717, 1.165) is 25.1 Å². The lowest BCUT2D eigenvalue weighted by Gasteiger charge is -2.29. The number of nitrogens with zero attached hydrogens (tertiary/aromatic N) is 5. The number of benzene rings is 2. The van der Waals surface area contributed by atoms with Crippen molar-refractivity contribution in [1.82, 2.24) is 24.6 Å². The number of nitrogens with one attached hydrogen (secondary N) is 1. The molecule has 1 N–H and O–H groups in total. The number of likely N-dealkylation sites (tertiary alicyclic amines) is 1. The van der Waals surface area contributed by atoms with E-state index >= 15 is 8.78 Å². The molecule has 3 heterocycles. The number of alkyl halides is 6. The van der Waals surface area contributed by atoms with Crippen LogP contribution in [0.25, 0.3) is 11.1 Å². The Morgan fingerprint density at radius 2 is 1.67 bits per heavy atom. The first kappa shape index (κ1) is 39.4. The van der Waals surface area contributed by atoms with E-state index in [4.69, 9.17) is 0 Å². The fourth-order valence-electron chi connectivity index (χ4n) is 7.04. The van der Waals surface area contributed by atoms with E-state index < -0.39 is 96.0 Å². The quantitative estimate of drug-likeness (QED) is 0.102. The van der Waals surface area contributed by atoms with Crippen molar-refractivity contribution in [2.75, 3.05) is 25.0 Å². The Morgan fingerprint density at radius 3 is 2.33 bits per heavy atom. The van der Waals surface area contributed by atoms with Crippen molar-refractivity contribution in [1.29, 1.82) is 0 Å². The highest BCUT2D eigenvalue weighted by atomic mass is 19.3. The Bertz CT molecular complexity index is 2120. The largest absolute Gasteiger partial charge is 0.352 e. The third-order valence-electron chi connectivity index (χ3n) is 9.55. The second-order valence-corrected chi connectivity index (χ2v) is 13.6. The van der Waals surface area contributed by atoms with E-state index in [1.165, 1.54) is 18.3 Å². The Hall–Kier alpha value is -5.29. The highest BCUT2D eigenvalue weighted by Crippen LogP contribution is 2.52. The van der Waals surface area contributed by atoms with Gasteiger partial charge in [0.15, 0.2) is 11.6 Å². The van der Waals surface area contributed by atoms with Gasteiger partial charge >= 0.3 is 0 Å². The molecule has 0 unspecified atom stereocenters. The molecule has 1 aliphatic heterocycles. The number of halogens is 9. The summed E-state index contributed by atoms with van der Waals surface area (Å²) in [7, 11) is 0. The van der Waals surface area contributed by atoms with Crippen molar-refractivity contribution >= 4 is 23.4 Å². The fraction of sp³-hybridized carbons (Fsp3) is 0.405. The number of ketones is 2. The first-order valence-electron chi connectivity index (χ1n) is 17.2. The maximum atomic E-state index is 15.1. The average Bonchev–Trinajstić information content (AvgIpc) is 3.71. The van der Waals surface area contributed by atoms with Gasteiger partial charge in [-0.1, -0.05) is 6.07 Å². The van der Waals surface area contributed by atoms with Gasteiger partial charge in [-0.05, 0) is 55.2 Å². The molecule has 18 heteroatoms. The second-order valence-electron chi connectivity index (χ2n) is 13.6. The number of aromatic nitrogens is 4. The number of hydrogen-bond acceptors (Lipinski definition) is 7. The lowest BCUT2D eigenvalue weighted by atomic mass is 9.86. The van der Waals surface area contributed by atoms with Crippen LogP contribution in [0.3, 0.4) is 0 Å². The van der Waals surface area contributed by atoms with Gasteiger partial charge in [-0.25, -0.2) is 40.7 Å². The van der Waals surface area contributed by atoms with E-state index in [1.807, 2.05) is 0 Å². The molecule has 2 aromatic carbocycles. The summed E-state index contributed by atoms with van der Waals surface area (Å²) < 4.78 is 131. The van der Waals surface area contributed by atoms with Gasteiger partial charge in [0.05, 0.1) is 16.8 Å². The number of anilines is 1. The second kappa shape index (κ2) is 15.5. The smallest absolute Gasteiger partial charge is 0.290 e. The summed E-state index contributed by atoms with van der Waals surface area (Å²) in [4.78, 5) is 48.7. The topological polar surface area (TPSA) is 110 Å². The van der Waals surface area contributed by atoms with Crippen molar-refractivity contribution in [3.8, 4) is 11.1 Å². The Labute approximate surface area is 307 Å². The van der Waals surface area contributed by atoms with E-state index in [2.05, 4.69) is 20.4 Å². The van der Waals surface area contributed by atoms with Crippen LogP contribution in [0.1, 0.15) is 89.9 Å². The number of fused-ring (bicyclic) bond motifs is 1. The van der Waals surface area contributed by atoms with E-state index in [-0.39, 0.29) is 64.0 Å². The van der Waals surface area contributed by atoms with E-state index in [9.17, 15) is 45.1 Å². The van der Waals surface area contributed by atoms with Crippen LogP contribution in [0.15, 0.2) is 42.6 Å². The van der Waals surface area contributed by atoms with E-state index in [1.54, 1.807) is 4.90 Å². The first-order chi connectivity index (χ1) is 25.9. The number of Topliss-reactive ketones (excluding diaryl/α,β-unsaturated/α-hetero) is 2. The van der Waals surface area contributed by atoms with Crippen LogP contribution in [0.5, 0.6) is 0 Å². The molecule has 1 fully saturated rings. The van der Waals surface area contributed by atoms with Gasteiger partial charge in [0.2, 0.25) is 11.9 Å². The Kier molecular flexibility index (Phi) is 11.1. The monoisotopic (exact) mass is 780 g/mol. The van der Waals surface area contributed by atoms with Crippen LogP contribution in [-0.2, 0) is 34.4 Å². The number of carbonyl (C=O) groups excluding carboxylic acids is 3. The summed E-state index contributed by atoms with van der Waals surface area (Å²) >= 11 is 0. The molecule has 292 valence electrons. The van der Waals surface area contributed by atoms with Crippen LogP contribution in [0.2, 0.25) is 0 Å². The van der Waals surface area contributed by atoms with Gasteiger partial charge in [-0.2, -0.15) is 13.9 Å². The zero-order valence-electron chi connectivity index (χ0n) is 29.1. The van der Waals surface area contributed by atoms with E-state index in [0.29, 0.717) is 25.5 Å². The Morgan fingerprint density at radius 1 is 0.964 bits per heavy atom. The van der Waals surface area contributed by atoms with Crippen LogP contribution in [0, 0.1) is 17.5 Å². The number of amides is 1. The lowest BCUT2D eigenvalue weighted by molar-refractivity contribution is -0.127. The zero-order valence-corrected chi connectivity index (χ0v) is 29.1. The first-order valence-corrected chi connectivity index (χ1v) is 17.2. The predicted octanol–water partition coefficient (Wildman–Crippen LogP) is 7.90. The highest BCUT2D eigenvalue weighted by Gasteiger charge is 2.55. The average molecular weight is 781 g/mol. The molecule has 2 aromatic heterocycles. The predicted molar refractivity (Wildman–Crippen MR) is 178 cm³/mol. The molecule has 2 aliphatic rings. The summed E-state index contributed by atoms with van der Waals surface area (Å²) in [6.45, 7) is 0.969. The molecular weight excluding hydrogens is 747 g/mol. The summed E-state index contributed by atoms with van der Waals surface area (Å²) in [5.74, 6) is -13.8. The minimum Gasteiger partial charge on any atom is -0.352 e. The number of hydrogen-bond donors (Lipinski definition) is 1. The molecule has 6 rings (SSSR count).